The highest BCUT2D eigenvalue weighted by Gasteiger charge is 2.09. The Labute approximate surface area is 143 Å². The summed E-state index contributed by atoms with van der Waals surface area (Å²) in [6.45, 7) is 0.0767. The van der Waals surface area contributed by atoms with Gasteiger partial charge >= 0.3 is 6.01 Å². The van der Waals surface area contributed by atoms with Crippen LogP contribution < -0.4 is 10.2 Å². The number of rotatable bonds is 6. The molecule has 25 heavy (non-hydrogen) atoms. The third-order valence-electron chi connectivity index (χ3n) is 3.26. The highest BCUT2D eigenvalue weighted by Crippen LogP contribution is 2.15. The van der Waals surface area contributed by atoms with Gasteiger partial charge in [0, 0.05) is 12.1 Å². The van der Waals surface area contributed by atoms with Gasteiger partial charge in [-0.3, -0.25) is 0 Å². The van der Waals surface area contributed by atoms with E-state index in [4.69, 9.17) is 4.84 Å². The van der Waals surface area contributed by atoms with Crippen LogP contribution in [0.5, 0.6) is 6.01 Å². The third kappa shape index (κ3) is 4.57. The molecule has 0 aliphatic carbocycles. The normalized spacial score (nSPS) is 10.8. The Balaban J connectivity index is 1.66. The molecule has 1 N–H and O–H groups in total. The van der Waals surface area contributed by atoms with Gasteiger partial charge in [0.2, 0.25) is 0 Å². The Bertz CT molecular complexity index is 872. The zero-order chi connectivity index (χ0) is 17.5. The number of anilines is 1. The fourth-order valence-electron chi connectivity index (χ4n) is 2.01. The summed E-state index contributed by atoms with van der Waals surface area (Å²) in [6.07, 6.45) is 2.45. The Morgan fingerprint density at radius 3 is 2.56 bits per heavy atom. The van der Waals surface area contributed by atoms with Crippen molar-refractivity contribution in [1.82, 2.24) is 9.97 Å². The van der Waals surface area contributed by atoms with Crippen LogP contribution in [-0.2, 0) is 6.54 Å². The molecule has 0 fully saturated rings. The van der Waals surface area contributed by atoms with E-state index >= 15 is 0 Å². The van der Waals surface area contributed by atoms with Crippen LogP contribution >= 0.6 is 0 Å². The molecule has 1 heterocycles. The van der Waals surface area contributed by atoms with Gasteiger partial charge in [-0.05, 0) is 11.6 Å². The smallest absolute Gasteiger partial charge is 0.347 e. The Hall–Kier alpha value is -3.35. The number of aromatic nitrogens is 2. The van der Waals surface area contributed by atoms with Crippen LogP contribution in [-0.4, -0.2) is 16.2 Å². The first kappa shape index (κ1) is 16.5. The number of hydrogen-bond acceptors (Lipinski definition) is 5. The van der Waals surface area contributed by atoms with Crippen LogP contribution in [0.2, 0.25) is 0 Å². The van der Waals surface area contributed by atoms with Crippen molar-refractivity contribution in [2.75, 3.05) is 5.32 Å². The quantitative estimate of drug-likeness (QED) is 0.548. The van der Waals surface area contributed by atoms with E-state index in [1.807, 2.05) is 30.3 Å². The van der Waals surface area contributed by atoms with E-state index < -0.39 is 5.82 Å². The number of oxime groups is 1. The van der Waals surface area contributed by atoms with Gasteiger partial charge in [0.05, 0.1) is 12.4 Å². The maximum Gasteiger partial charge on any atom is 0.347 e. The Kier molecular flexibility index (Phi) is 5.26. The lowest BCUT2D eigenvalue weighted by Crippen LogP contribution is -2.06. The van der Waals surface area contributed by atoms with Gasteiger partial charge in [-0.1, -0.05) is 53.7 Å². The molecule has 1 aromatic heterocycles. The summed E-state index contributed by atoms with van der Waals surface area (Å²) < 4.78 is 27.4. The molecule has 126 valence electrons. The molecule has 0 aliphatic rings. The lowest BCUT2D eigenvalue weighted by molar-refractivity contribution is 0.314. The maximum absolute atomic E-state index is 13.8. The third-order valence-corrected chi connectivity index (χ3v) is 3.26. The molecule has 0 unspecified atom stereocenters. The predicted molar refractivity (Wildman–Crippen MR) is 90.4 cm³/mol. The zero-order valence-corrected chi connectivity index (χ0v) is 13.1. The summed E-state index contributed by atoms with van der Waals surface area (Å²) in [5.74, 6) is -1.15. The molecule has 0 radical (unpaired) electrons. The lowest BCUT2D eigenvalue weighted by atomic mass is 10.2. The van der Waals surface area contributed by atoms with E-state index in [0.717, 1.165) is 11.8 Å². The van der Waals surface area contributed by atoms with Gasteiger partial charge in [-0.25, -0.2) is 8.78 Å². The van der Waals surface area contributed by atoms with E-state index in [2.05, 4.69) is 20.4 Å². The predicted octanol–water partition coefficient (Wildman–Crippen LogP) is 3.78. The molecule has 0 saturated heterocycles. The summed E-state index contributed by atoms with van der Waals surface area (Å²) in [6, 6.07) is 15.4. The second-order valence-corrected chi connectivity index (χ2v) is 5.03. The monoisotopic (exact) mass is 340 g/mol. The van der Waals surface area contributed by atoms with Crippen molar-refractivity contribution in [1.29, 1.82) is 0 Å². The van der Waals surface area contributed by atoms with Gasteiger partial charge in [0.15, 0.2) is 11.6 Å². The second kappa shape index (κ2) is 7.96. The van der Waals surface area contributed by atoms with E-state index in [-0.39, 0.29) is 24.2 Å². The first-order chi connectivity index (χ1) is 12.2. The van der Waals surface area contributed by atoms with Crippen LogP contribution in [0.3, 0.4) is 0 Å². The molecule has 0 spiro atoms. The average Bonchev–Trinajstić information content (AvgIpc) is 2.64. The number of nitrogens with one attached hydrogen (secondary N) is 1. The second-order valence-electron chi connectivity index (χ2n) is 5.03. The minimum Gasteiger partial charge on any atom is -0.363 e. The van der Waals surface area contributed by atoms with Crippen molar-refractivity contribution in [3.63, 3.8) is 0 Å². The molecule has 0 saturated carbocycles. The summed E-state index contributed by atoms with van der Waals surface area (Å²) in [5, 5.41) is 6.48. The molecule has 0 bridgehead atoms. The first-order valence-corrected chi connectivity index (χ1v) is 7.47. The van der Waals surface area contributed by atoms with Crippen LogP contribution in [0.1, 0.15) is 11.1 Å². The SMILES string of the molecule is Fc1ccccc1CNc1nc(ON=Cc2ccccc2)ncc1F. The average molecular weight is 340 g/mol. The molecule has 5 nitrogen and oxygen atoms in total. The molecule has 7 heteroatoms. The fourth-order valence-corrected chi connectivity index (χ4v) is 2.01. The summed E-state index contributed by atoms with van der Waals surface area (Å²) in [7, 11) is 0. The van der Waals surface area contributed by atoms with Gasteiger partial charge in [-0.15, -0.1) is 0 Å². The molecule has 3 rings (SSSR count). The van der Waals surface area contributed by atoms with E-state index in [1.54, 1.807) is 18.2 Å². The van der Waals surface area contributed by atoms with Crippen LogP contribution in [0, 0.1) is 11.6 Å². The van der Waals surface area contributed by atoms with Crippen molar-refractivity contribution >= 4 is 12.0 Å². The summed E-state index contributed by atoms with van der Waals surface area (Å²) in [4.78, 5) is 12.6. The van der Waals surface area contributed by atoms with Crippen molar-refractivity contribution in [2.24, 2.45) is 5.16 Å². The zero-order valence-electron chi connectivity index (χ0n) is 13.1. The highest BCUT2D eigenvalue weighted by molar-refractivity contribution is 5.78. The van der Waals surface area contributed by atoms with E-state index in [0.29, 0.717) is 5.56 Å². The van der Waals surface area contributed by atoms with Crippen molar-refractivity contribution in [3.05, 3.63) is 83.6 Å². The van der Waals surface area contributed by atoms with Crippen molar-refractivity contribution in [2.45, 2.75) is 6.54 Å². The molecular weight excluding hydrogens is 326 g/mol. The molecule has 0 atom stereocenters. The number of halogens is 2. The van der Waals surface area contributed by atoms with Crippen molar-refractivity contribution < 1.29 is 13.6 Å². The highest BCUT2D eigenvalue weighted by atomic mass is 19.1. The Morgan fingerprint density at radius 1 is 1.00 bits per heavy atom. The molecule has 0 amide bonds. The van der Waals surface area contributed by atoms with Crippen LogP contribution in [0.25, 0.3) is 0 Å². The number of nitrogens with zero attached hydrogens (tertiary/aromatic N) is 3. The van der Waals surface area contributed by atoms with Crippen LogP contribution in [0.4, 0.5) is 14.6 Å². The molecule has 3 aromatic rings. The maximum atomic E-state index is 13.8. The lowest BCUT2D eigenvalue weighted by Gasteiger charge is -2.07. The minimum atomic E-state index is -0.671. The van der Waals surface area contributed by atoms with Gasteiger partial charge < -0.3 is 10.2 Å². The Morgan fingerprint density at radius 2 is 1.76 bits per heavy atom. The minimum absolute atomic E-state index is 0.0767. The molecular formula is C18H14F2N4O. The molecule has 0 aliphatic heterocycles. The van der Waals surface area contributed by atoms with Crippen molar-refractivity contribution in [3.8, 4) is 6.01 Å². The number of benzene rings is 2. The number of hydrogen-bond donors (Lipinski definition) is 1. The van der Waals surface area contributed by atoms with E-state index in [1.165, 1.54) is 12.3 Å². The van der Waals surface area contributed by atoms with Gasteiger partial charge in [0.25, 0.3) is 0 Å². The topological polar surface area (TPSA) is 59.4 Å². The standard InChI is InChI=1S/C18H14F2N4O/c19-15-9-5-4-8-14(15)11-21-17-16(20)12-22-18(24-17)25-23-10-13-6-2-1-3-7-13/h1-10,12H,11H2,(H,21,22,24). The first-order valence-electron chi connectivity index (χ1n) is 7.47. The molecule has 2 aromatic carbocycles. The van der Waals surface area contributed by atoms with E-state index in [9.17, 15) is 8.78 Å². The fraction of sp³-hybridized carbons (Fsp3) is 0.0556. The van der Waals surface area contributed by atoms with Gasteiger partial charge in [-0.2, -0.15) is 9.97 Å². The largest absolute Gasteiger partial charge is 0.363 e. The summed E-state index contributed by atoms with van der Waals surface area (Å²) in [5.41, 5.74) is 1.23. The van der Waals surface area contributed by atoms with Gasteiger partial charge in [0.1, 0.15) is 5.82 Å². The summed E-state index contributed by atoms with van der Waals surface area (Å²) >= 11 is 0. The van der Waals surface area contributed by atoms with Crippen LogP contribution in [0.15, 0.2) is 65.9 Å².